The molecule has 0 aliphatic heterocycles. The van der Waals surface area contributed by atoms with Crippen molar-refractivity contribution in [2.75, 3.05) is 20.3 Å². The van der Waals surface area contributed by atoms with Gasteiger partial charge in [0.05, 0.1) is 17.4 Å². The van der Waals surface area contributed by atoms with Crippen LogP contribution in [0.15, 0.2) is 46.0 Å². The number of benzene rings is 2. The number of nitrogens with one attached hydrogen (secondary N) is 1. The lowest BCUT2D eigenvalue weighted by Crippen LogP contribution is -2.41. The van der Waals surface area contributed by atoms with Crippen LogP contribution in [0.5, 0.6) is 0 Å². The quantitative estimate of drug-likeness (QED) is 0.522. The number of hydrogen-bond acceptors (Lipinski definition) is 4. The van der Waals surface area contributed by atoms with Crippen LogP contribution >= 0.6 is 0 Å². The maximum atomic E-state index is 13.4. The van der Waals surface area contributed by atoms with E-state index in [0.29, 0.717) is 37.0 Å². The molecule has 3 rings (SSSR count). The number of aromatic nitrogens is 2. The van der Waals surface area contributed by atoms with Gasteiger partial charge in [-0.3, -0.25) is 18.7 Å². The summed E-state index contributed by atoms with van der Waals surface area (Å²) >= 11 is 0. The molecule has 0 atom stereocenters. The van der Waals surface area contributed by atoms with Gasteiger partial charge in [-0.2, -0.15) is 0 Å². The van der Waals surface area contributed by atoms with Crippen LogP contribution in [-0.4, -0.2) is 35.3 Å². The first-order valence-electron chi connectivity index (χ1n) is 10.9. The minimum absolute atomic E-state index is 0.0322. The lowest BCUT2D eigenvalue weighted by Gasteiger charge is -2.17. The fourth-order valence-electron chi connectivity index (χ4n) is 4.08. The average Bonchev–Trinajstić information content (AvgIpc) is 2.75. The van der Waals surface area contributed by atoms with E-state index in [4.69, 9.17) is 4.74 Å². The first-order valence-corrected chi connectivity index (χ1v) is 10.9. The van der Waals surface area contributed by atoms with Gasteiger partial charge in [0.1, 0.15) is 0 Å². The molecule has 1 aromatic heterocycles. The highest BCUT2D eigenvalue weighted by Gasteiger charge is 2.16. The fourth-order valence-corrected chi connectivity index (χ4v) is 4.08. The van der Waals surface area contributed by atoms with Gasteiger partial charge in [-0.25, -0.2) is 4.79 Å². The molecule has 2 aromatic carbocycles. The summed E-state index contributed by atoms with van der Waals surface area (Å²) in [7, 11) is 1.61. The smallest absolute Gasteiger partial charge is 0.331 e. The maximum Gasteiger partial charge on any atom is 0.331 e. The molecule has 0 radical (unpaired) electrons. The normalized spacial score (nSPS) is 11.1. The number of para-hydroxylation sites is 1. The molecule has 0 saturated carbocycles. The van der Waals surface area contributed by atoms with E-state index in [-0.39, 0.29) is 24.4 Å². The highest BCUT2D eigenvalue weighted by atomic mass is 16.5. The predicted octanol–water partition coefficient (Wildman–Crippen LogP) is 2.68. The zero-order valence-corrected chi connectivity index (χ0v) is 19.2. The van der Waals surface area contributed by atoms with Gasteiger partial charge in [0, 0.05) is 33.2 Å². The molecular formula is C25H31N3O4. The Hall–Kier alpha value is -3.19. The Bertz CT molecular complexity index is 1220. The molecule has 0 fully saturated rings. The number of carbonyl (C=O) groups is 1. The van der Waals surface area contributed by atoms with Gasteiger partial charge in [-0.05, 0) is 56.0 Å². The third kappa shape index (κ3) is 5.16. The van der Waals surface area contributed by atoms with Gasteiger partial charge in [0.15, 0.2) is 0 Å². The van der Waals surface area contributed by atoms with E-state index in [0.717, 1.165) is 16.7 Å². The van der Waals surface area contributed by atoms with Crippen LogP contribution in [0.3, 0.4) is 0 Å². The Morgan fingerprint density at radius 3 is 2.41 bits per heavy atom. The lowest BCUT2D eigenvalue weighted by molar-refractivity contribution is -0.121. The van der Waals surface area contributed by atoms with Crippen LogP contribution in [0.1, 0.15) is 35.1 Å². The maximum absolute atomic E-state index is 13.4. The van der Waals surface area contributed by atoms with Gasteiger partial charge >= 0.3 is 5.69 Å². The fraction of sp³-hybridized carbons (Fsp3) is 0.400. The summed E-state index contributed by atoms with van der Waals surface area (Å²) in [6.45, 7) is 7.57. The molecule has 0 aliphatic rings. The van der Waals surface area contributed by atoms with E-state index < -0.39 is 5.69 Å². The molecule has 7 heteroatoms. The molecule has 0 bridgehead atoms. The summed E-state index contributed by atoms with van der Waals surface area (Å²) in [5.41, 5.74) is 4.26. The molecule has 1 amide bonds. The monoisotopic (exact) mass is 437 g/mol. The molecule has 32 heavy (non-hydrogen) atoms. The van der Waals surface area contributed by atoms with Crippen molar-refractivity contribution in [3.8, 4) is 0 Å². The first kappa shape index (κ1) is 23.5. The highest BCUT2D eigenvalue weighted by molar-refractivity contribution is 5.78. The number of hydrogen-bond donors (Lipinski definition) is 1. The molecule has 0 aliphatic carbocycles. The van der Waals surface area contributed by atoms with E-state index in [1.807, 2.05) is 26.8 Å². The largest absolute Gasteiger partial charge is 0.385 e. The highest BCUT2D eigenvalue weighted by Crippen LogP contribution is 2.19. The molecule has 0 unspecified atom stereocenters. The second-order valence-electron chi connectivity index (χ2n) is 8.17. The Morgan fingerprint density at radius 1 is 1.03 bits per heavy atom. The van der Waals surface area contributed by atoms with E-state index in [1.165, 1.54) is 10.1 Å². The Balaban J connectivity index is 1.97. The number of carbonyl (C=O) groups excluding carboxylic acids is 1. The van der Waals surface area contributed by atoms with Crippen molar-refractivity contribution in [2.24, 2.45) is 0 Å². The molecule has 170 valence electrons. The number of rotatable bonds is 9. The summed E-state index contributed by atoms with van der Waals surface area (Å²) in [5, 5.41) is 3.26. The van der Waals surface area contributed by atoms with Gasteiger partial charge < -0.3 is 10.1 Å². The van der Waals surface area contributed by atoms with Crippen LogP contribution in [0, 0.1) is 20.8 Å². The van der Waals surface area contributed by atoms with Crippen molar-refractivity contribution >= 4 is 16.8 Å². The zero-order valence-electron chi connectivity index (χ0n) is 19.2. The molecular weight excluding hydrogens is 406 g/mol. The Kier molecular flexibility index (Phi) is 7.64. The van der Waals surface area contributed by atoms with Crippen LogP contribution < -0.4 is 16.6 Å². The standard InChI is InChI=1S/C25H31N3O4/c1-17-14-18(2)21(19(3)15-17)16-28-22-9-6-5-8-20(22)24(30)27(25(28)31)12-10-23(29)26-11-7-13-32-4/h5-6,8-9,14-15H,7,10-13,16H2,1-4H3,(H,26,29). The molecule has 0 saturated heterocycles. The molecule has 0 spiro atoms. The van der Waals surface area contributed by atoms with Crippen LogP contribution in [0.25, 0.3) is 10.9 Å². The number of methoxy groups -OCH3 is 1. The van der Waals surface area contributed by atoms with Gasteiger partial charge in [-0.15, -0.1) is 0 Å². The predicted molar refractivity (Wildman–Crippen MR) is 126 cm³/mol. The Labute approximate surface area is 187 Å². The van der Waals surface area contributed by atoms with Crippen molar-refractivity contribution in [1.82, 2.24) is 14.5 Å². The number of aryl methyl sites for hydroxylation is 3. The summed E-state index contributed by atoms with van der Waals surface area (Å²) in [6.07, 6.45) is 0.767. The van der Waals surface area contributed by atoms with Crippen molar-refractivity contribution in [3.05, 3.63) is 79.5 Å². The van der Waals surface area contributed by atoms with Gasteiger partial charge in [-0.1, -0.05) is 29.8 Å². The molecule has 7 nitrogen and oxygen atoms in total. The van der Waals surface area contributed by atoms with E-state index in [2.05, 4.69) is 17.4 Å². The first-order chi connectivity index (χ1) is 15.3. The van der Waals surface area contributed by atoms with Crippen LogP contribution in [0.4, 0.5) is 0 Å². The second kappa shape index (κ2) is 10.4. The molecule has 1 N–H and O–H groups in total. The second-order valence-corrected chi connectivity index (χ2v) is 8.17. The topological polar surface area (TPSA) is 82.3 Å². The minimum Gasteiger partial charge on any atom is -0.385 e. The molecule has 1 heterocycles. The third-order valence-electron chi connectivity index (χ3n) is 5.70. The van der Waals surface area contributed by atoms with Crippen molar-refractivity contribution < 1.29 is 9.53 Å². The summed E-state index contributed by atoms with van der Waals surface area (Å²) in [4.78, 5) is 38.6. The number of amides is 1. The van der Waals surface area contributed by atoms with E-state index >= 15 is 0 Å². The van der Waals surface area contributed by atoms with Crippen molar-refractivity contribution in [2.45, 2.75) is 46.7 Å². The van der Waals surface area contributed by atoms with E-state index in [9.17, 15) is 14.4 Å². The average molecular weight is 438 g/mol. The summed E-state index contributed by atoms with van der Waals surface area (Å²) in [5.74, 6) is -0.197. The van der Waals surface area contributed by atoms with E-state index in [1.54, 1.807) is 29.9 Å². The minimum atomic E-state index is -0.403. The third-order valence-corrected chi connectivity index (χ3v) is 5.70. The van der Waals surface area contributed by atoms with Gasteiger partial charge in [0.25, 0.3) is 5.56 Å². The summed E-state index contributed by atoms with van der Waals surface area (Å²) < 4.78 is 7.78. The Morgan fingerprint density at radius 2 is 1.72 bits per heavy atom. The summed E-state index contributed by atoms with van der Waals surface area (Å²) in [6, 6.07) is 11.3. The number of ether oxygens (including phenoxy) is 1. The SMILES string of the molecule is COCCCNC(=O)CCn1c(=O)c2ccccc2n(Cc2c(C)cc(C)cc2C)c1=O. The number of fused-ring (bicyclic) bond motifs is 1. The van der Waals surface area contributed by atoms with Crippen molar-refractivity contribution in [1.29, 1.82) is 0 Å². The van der Waals surface area contributed by atoms with Crippen molar-refractivity contribution in [3.63, 3.8) is 0 Å². The lowest BCUT2D eigenvalue weighted by atomic mass is 9.99. The van der Waals surface area contributed by atoms with Gasteiger partial charge in [0.2, 0.25) is 5.91 Å². The molecule has 3 aromatic rings. The zero-order chi connectivity index (χ0) is 23.3. The van der Waals surface area contributed by atoms with Crippen LogP contribution in [0.2, 0.25) is 0 Å². The number of nitrogens with zero attached hydrogens (tertiary/aromatic N) is 2. The van der Waals surface area contributed by atoms with Crippen LogP contribution in [-0.2, 0) is 22.6 Å².